The van der Waals surface area contributed by atoms with Crippen molar-refractivity contribution in [1.82, 2.24) is 0 Å². The second kappa shape index (κ2) is 15.7. The maximum atomic E-state index is 11.7. The SMILES string of the molecule is CC(=CC=CC(C)=[N+](CCCS(=O)(=O)O)c1ccc(C(=O)O)cc1C)N(CCCS(=O)(=O)O)c1cc(C=O)cc(C=O)c1C. The Morgan fingerprint density at radius 3 is 2.11 bits per heavy atom. The predicted octanol–water partition coefficient (Wildman–Crippen LogP) is 4.25. The Kier molecular flexibility index (Phi) is 12.9. The summed E-state index contributed by atoms with van der Waals surface area (Å²) in [5.41, 5.74) is 4.28. The van der Waals surface area contributed by atoms with Crippen LogP contribution in [0.5, 0.6) is 0 Å². The molecule has 238 valence electrons. The first-order valence-corrected chi connectivity index (χ1v) is 16.7. The molecule has 14 heteroatoms. The first kappa shape index (κ1) is 36.2. The van der Waals surface area contributed by atoms with E-state index in [4.69, 9.17) is 0 Å². The Labute approximate surface area is 257 Å². The first-order chi connectivity index (χ1) is 20.5. The molecule has 0 saturated carbocycles. The first-order valence-electron chi connectivity index (χ1n) is 13.5. The fraction of sp³-hybridized carbons (Fsp3) is 0.333. The molecule has 0 bridgehead atoms. The summed E-state index contributed by atoms with van der Waals surface area (Å²) in [7, 11) is -8.42. The van der Waals surface area contributed by atoms with Gasteiger partial charge in [-0.25, -0.2) is 4.79 Å². The van der Waals surface area contributed by atoms with E-state index in [1.165, 1.54) is 18.2 Å². The quantitative estimate of drug-likeness (QED) is 0.0776. The smallest absolute Gasteiger partial charge is 0.335 e. The lowest BCUT2D eigenvalue weighted by molar-refractivity contribution is -0.440. The molecule has 0 heterocycles. The minimum atomic E-state index is -4.22. The van der Waals surface area contributed by atoms with Gasteiger partial charge in [-0.2, -0.15) is 21.4 Å². The molecular weight excluding hydrogens is 612 g/mol. The molecule has 3 N–H and O–H groups in total. The van der Waals surface area contributed by atoms with Crippen LogP contribution in [0.15, 0.2) is 54.3 Å². The van der Waals surface area contributed by atoms with Crippen molar-refractivity contribution in [2.24, 2.45) is 0 Å². The van der Waals surface area contributed by atoms with E-state index in [1.807, 2.05) is 0 Å². The molecular formula is C30H37N2O10S2+. The largest absolute Gasteiger partial charge is 0.478 e. The molecule has 0 aliphatic heterocycles. The molecule has 0 radical (unpaired) electrons. The summed E-state index contributed by atoms with van der Waals surface area (Å²) in [6, 6.07) is 7.60. The standard InChI is InChI=1S/C30H36N2O10S2/c1-21-16-26(30(35)36)10-11-28(21)31(12-6-14-43(37,38)39)22(2)8-5-9-23(3)32(13-7-15-44(40,41)42)29-18-25(19-33)17-27(20-34)24(29)4/h5,8-11,16-20H,6-7,12-15H2,1-4H3,(H2-,35,36,37,38,39,40,41,42)/p+1. The highest BCUT2D eigenvalue weighted by Crippen LogP contribution is 2.28. The van der Waals surface area contributed by atoms with Gasteiger partial charge in [0, 0.05) is 60.1 Å². The van der Waals surface area contributed by atoms with E-state index in [0.29, 0.717) is 52.0 Å². The molecule has 0 aromatic heterocycles. The Hall–Kier alpha value is -3.98. The Bertz CT molecular complexity index is 1720. The number of anilines is 1. The van der Waals surface area contributed by atoms with Gasteiger partial charge in [0.25, 0.3) is 20.2 Å². The molecule has 2 aromatic rings. The summed E-state index contributed by atoms with van der Waals surface area (Å²) in [6.45, 7) is 7.28. The minimum absolute atomic E-state index is 0.0488. The summed E-state index contributed by atoms with van der Waals surface area (Å²) in [5, 5.41) is 9.33. The number of benzene rings is 2. The molecule has 0 aliphatic carbocycles. The van der Waals surface area contributed by atoms with E-state index in [1.54, 1.807) is 67.5 Å². The van der Waals surface area contributed by atoms with Gasteiger partial charge in [-0.1, -0.05) is 6.08 Å². The van der Waals surface area contributed by atoms with Crippen molar-refractivity contribution in [2.45, 2.75) is 40.5 Å². The van der Waals surface area contributed by atoms with Crippen LogP contribution < -0.4 is 4.90 Å². The van der Waals surface area contributed by atoms with Gasteiger partial charge in [0.2, 0.25) is 5.69 Å². The number of aldehydes is 2. The number of carbonyl (C=O) groups excluding carboxylic acids is 2. The lowest BCUT2D eigenvalue weighted by Gasteiger charge is -2.28. The second-order valence-corrected chi connectivity index (χ2v) is 13.3. The van der Waals surface area contributed by atoms with E-state index < -0.39 is 37.7 Å². The van der Waals surface area contributed by atoms with Crippen LogP contribution in [-0.2, 0) is 20.2 Å². The van der Waals surface area contributed by atoms with Crippen LogP contribution in [0.2, 0.25) is 0 Å². The lowest BCUT2D eigenvalue weighted by atomic mass is 10.0. The summed E-state index contributed by atoms with van der Waals surface area (Å²) >= 11 is 0. The van der Waals surface area contributed by atoms with Crippen LogP contribution >= 0.6 is 0 Å². The second-order valence-electron chi connectivity index (χ2n) is 10.2. The molecule has 12 nitrogen and oxygen atoms in total. The summed E-state index contributed by atoms with van der Waals surface area (Å²) in [6.07, 6.45) is 6.53. The number of carboxylic acid groups (broad SMARTS) is 1. The number of allylic oxidation sites excluding steroid dienone is 4. The van der Waals surface area contributed by atoms with Crippen molar-refractivity contribution in [2.75, 3.05) is 29.5 Å². The molecule has 44 heavy (non-hydrogen) atoms. The Morgan fingerprint density at radius 2 is 1.57 bits per heavy atom. The van der Waals surface area contributed by atoms with Gasteiger partial charge in [0.1, 0.15) is 19.1 Å². The van der Waals surface area contributed by atoms with Crippen molar-refractivity contribution in [3.63, 3.8) is 0 Å². The van der Waals surface area contributed by atoms with Crippen molar-refractivity contribution in [3.8, 4) is 0 Å². The Balaban J connectivity index is 2.57. The minimum Gasteiger partial charge on any atom is -0.478 e. The van der Waals surface area contributed by atoms with Gasteiger partial charge >= 0.3 is 5.97 Å². The average Bonchev–Trinajstić information content (AvgIpc) is 2.92. The normalized spacial score (nSPS) is 13.1. The van der Waals surface area contributed by atoms with Crippen molar-refractivity contribution >= 4 is 55.9 Å². The monoisotopic (exact) mass is 649 g/mol. The van der Waals surface area contributed by atoms with Crippen molar-refractivity contribution in [3.05, 3.63) is 82.1 Å². The lowest BCUT2D eigenvalue weighted by Crippen LogP contribution is -2.25. The zero-order valence-electron chi connectivity index (χ0n) is 24.9. The van der Waals surface area contributed by atoms with E-state index >= 15 is 0 Å². The zero-order chi connectivity index (χ0) is 33.2. The summed E-state index contributed by atoms with van der Waals surface area (Å²) < 4.78 is 65.6. The molecule has 0 aliphatic rings. The van der Waals surface area contributed by atoms with E-state index in [9.17, 15) is 45.4 Å². The molecule has 0 unspecified atom stereocenters. The number of aromatic carboxylic acids is 1. The molecule has 2 rings (SSSR count). The van der Waals surface area contributed by atoms with Crippen LogP contribution in [-0.4, -0.2) is 84.5 Å². The predicted molar refractivity (Wildman–Crippen MR) is 168 cm³/mol. The molecule has 0 spiro atoms. The molecule has 0 amide bonds. The maximum absolute atomic E-state index is 11.7. The highest BCUT2D eigenvalue weighted by Gasteiger charge is 2.20. The van der Waals surface area contributed by atoms with Gasteiger partial charge in [-0.15, -0.1) is 0 Å². The van der Waals surface area contributed by atoms with Gasteiger partial charge in [-0.05, 0) is 63.1 Å². The number of nitrogens with zero attached hydrogens (tertiary/aromatic N) is 2. The third-order valence-corrected chi connectivity index (χ3v) is 8.43. The fourth-order valence-electron chi connectivity index (χ4n) is 4.60. The van der Waals surface area contributed by atoms with Crippen molar-refractivity contribution in [1.29, 1.82) is 0 Å². The number of hydrogen-bond acceptors (Lipinski definition) is 8. The van der Waals surface area contributed by atoms with Crippen molar-refractivity contribution < 1.29 is 50.0 Å². The maximum Gasteiger partial charge on any atom is 0.335 e. The average molecular weight is 650 g/mol. The third-order valence-electron chi connectivity index (χ3n) is 6.83. The Morgan fingerprint density at radius 1 is 0.932 bits per heavy atom. The highest BCUT2D eigenvalue weighted by molar-refractivity contribution is 7.86. The number of hydrogen-bond donors (Lipinski definition) is 3. The van der Waals surface area contributed by atoms with Crippen LogP contribution in [0.25, 0.3) is 0 Å². The molecule has 0 atom stereocenters. The summed E-state index contributed by atoms with van der Waals surface area (Å²) in [5.74, 6) is -2.05. The van der Waals surface area contributed by atoms with E-state index in [2.05, 4.69) is 0 Å². The van der Waals surface area contributed by atoms with Gasteiger partial charge in [0.15, 0.2) is 5.71 Å². The number of aryl methyl sites for hydroxylation is 1. The van der Waals surface area contributed by atoms with Crippen LogP contribution in [0, 0.1) is 13.8 Å². The highest BCUT2D eigenvalue weighted by atomic mass is 32.2. The van der Waals surface area contributed by atoms with Crippen LogP contribution in [0.4, 0.5) is 11.4 Å². The van der Waals surface area contributed by atoms with Crippen LogP contribution in [0.1, 0.15) is 68.9 Å². The molecule has 2 aromatic carbocycles. The zero-order valence-corrected chi connectivity index (χ0v) is 26.6. The number of carbonyl (C=O) groups is 3. The number of carboxylic acids is 1. The number of rotatable bonds is 16. The topological polar surface area (TPSA) is 186 Å². The van der Waals surface area contributed by atoms with Gasteiger partial charge < -0.3 is 10.0 Å². The summed E-state index contributed by atoms with van der Waals surface area (Å²) in [4.78, 5) is 36.4. The van der Waals surface area contributed by atoms with Crippen LogP contribution in [0.3, 0.4) is 0 Å². The van der Waals surface area contributed by atoms with E-state index in [0.717, 1.165) is 0 Å². The molecule has 0 fully saturated rings. The third kappa shape index (κ3) is 10.9. The van der Waals surface area contributed by atoms with Gasteiger partial charge in [-0.3, -0.25) is 18.7 Å². The fourth-order valence-corrected chi connectivity index (χ4v) is 5.58. The van der Waals surface area contributed by atoms with E-state index in [-0.39, 0.29) is 37.1 Å². The molecule has 0 saturated heterocycles. The van der Waals surface area contributed by atoms with Gasteiger partial charge in [0.05, 0.1) is 17.1 Å².